The number of hydrazone groups is 1. The summed E-state index contributed by atoms with van der Waals surface area (Å²) in [4.78, 5) is 12.6. The second kappa shape index (κ2) is 9.58. The molecule has 1 aliphatic heterocycles. The van der Waals surface area contributed by atoms with Crippen molar-refractivity contribution in [3.63, 3.8) is 0 Å². The van der Waals surface area contributed by atoms with Crippen molar-refractivity contribution in [2.75, 3.05) is 14.2 Å². The van der Waals surface area contributed by atoms with Gasteiger partial charge in [0.2, 0.25) is 0 Å². The summed E-state index contributed by atoms with van der Waals surface area (Å²) in [5, 5.41) is 6.78. The lowest BCUT2D eigenvalue weighted by molar-refractivity contribution is -0.122. The van der Waals surface area contributed by atoms with Crippen LogP contribution in [0.3, 0.4) is 0 Å². The Morgan fingerprint density at radius 3 is 2.61 bits per heavy atom. The number of carbonyl (C=O) groups is 1. The van der Waals surface area contributed by atoms with E-state index >= 15 is 0 Å². The number of nitrogens with zero attached hydrogens (tertiary/aromatic N) is 1. The summed E-state index contributed by atoms with van der Waals surface area (Å²) in [5.74, 6) is 1.07. The fraction of sp³-hybridized carbons (Fsp3) is 0.280. The topological polar surface area (TPSA) is 115 Å². The van der Waals surface area contributed by atoms with Crippen molar-refractivity contribution in [2.24, 2.45) is 5.10 Å². The number of hydrogen-bond donors (Lipinski definition) is 3. The van der Waals surface area contributed by atoms with Crippen LogP contribution in [0.4, 0.5) is 0 Å². The van der Waals surface area contributed by atoms with Crippen LogP contribution < -0.4 is 25.8 Å². The number of aryl methyl sites for hydroxylation is 2. The lowest BCUT2D eigenvalue weighted by Gasteiger charge is -2.14. The van der Waals surface area contributed by atoms with Crippen molar-refractivity contribution >= 4 is 22.9 Å². The van der Waals surface area contributed by atoms with Crippen LogP contribution in [0.2, 0.25) is 0 Å². The van der Waals surface area contributed by atoms with E-state index < -0.39 is 0 Å². The van der Waals surface area contributed by atoms with Gasteiger partial charge in [0.05, 0.1) is 20.4 Å². The van der Waals surface area contributed by atoms with Gasteiger partial charge in [-0.2, -0.15) is 5.10 Å². The van der Waals surface area contributed by atoms with Crippen molar-refractivity contribution in [1.29, 1.82) is 0 Å². The minimum absolute atomic E-state index is 0. The molecule has 2 unspecified atom stereocenters. The molecule has 1 amide bonds. The van der Waals surface area contributed by atoms with Gasteiger partial charge in [-0.3, -0.25) is 4.79 Å². The van der Waals surface area contributed by atoms with Crippen LogP contribution in [-0.4, -0.2) is 37.9 Å². The molecular weight excluding hydrogens is 420 g/mol. The van der Waals surface area contributed by atoms with E-state index in [9.17, 15) is 4.79 Å². The Kier molecular flexibility index (Phi) is 6.60. The van der Waals surface area contributed by atoms with Crippen LogP contribution in [-0.2, 0) is 17.6 Å². The Balaban J connectivity index is 0.00000259. The van der Waals surface area contributed by atoms with Crippen molar-refractivity contribution < 1.29 is 19.7 Å². The quantitative estimate of drug-likeness (QED) is 0.395. The predicted molar refractivity (Wildman–Crippen MR) is 128 cm³/mol. The van der Waals surface area contributed by atoms with Gasteiger partial charge in [0.25, 0.3) is 5.91 Å². The number of ether oxygens (including phenoxy) is 2. The third-order valence-electron chi connectivity index (χ3n) is 6.30. The van der Waals surface area contributed by atoms with Gasteiger partial charge in [0.15, 0.2) is 11.5 Å². The third kappa shape index (κ3) is 4.28. The average molecular weight is 449 g/mol. The highest BCUT2D eigenvalue weighted by molar-refractivity contribution is 5.94. The Morgan fingerprint density at radius 1 is 1.03 bits per heavy atom. The first kappa shape index (κ1) is 22.7. The van der Waals surface area contributed by atoms with Gasteiger partial charge in [-0.15, -0.1) is 0 Å². The summed E-state index contributed by atoms with van der Waals surface area (Å²) in [6, 6.07) is 16.1. The number of hydrazine groups is 1. The third-order valence-corrected chi connectivity index (χ3v) is 6.30. The van der Waals surface area contributed by atoms with Crippen LogP contribution in [0.25, 0.3) is 10.8 Å². The second-order valence-corrected chi connectivity index (χ2v) is 8.13. The highest BCUT2D eigenvalue weighted by Crippen LogP contribution is 2.36. The highest BCUT2D eigenvalue weighted by atomic mass is 16.5. The number of benzene rings is 3. The molecule has 1 heterocycles. The molecule has 2 atom stereocenters. The van der Waals surface area contributed by atoms with Crippen molar-refractivity contribution in [1.82, 2.24) is 16.3 Å². The SMILES string of the molecule is COc1ccc(/C=N/NC(=O)C2CC(c3ccc4c5c(cccc35)CC4)NN2)cc1OC.O. The lowest BCUT2D eigenvalue weighted by Crippen LogP contribution is -2.41. The number of amides is 1. The van der Waals surface area contributed by atoms with Crippen LogP contribution in [0.15, 0.2) is 53.6 Å². The first-order valence-electron chi connectivity index (χ1n) is 10.8. The van der Waals surface area contributed by atoms with Gasteiger partial charge < -0.3 is 14.9 Å². The molecule has 0 aromatic heterocycles. The van der Waals surface area contributed by atoms with Gasteiger partial charge in [0.1, 0.15) is 6.04 Å². The maximum absolute atomic E-state index is 12.6. The van der Waals surface area contributed by atoms with Crippen LogP contribution in [0.1, 0.15) is 34.7 Å². The molecule has 5 rings (SSSR count). The zero-order valence-corrected chi connectivity index (χ0v) is 18.6. The first-order chi connectivity index (χ1) is 15.7. The maximum Gasteiger partial charge on any atom is 0.258 e. The Bertz CT molecular complexity index is 1200. The monoisotopic (exact) mass is 448 g/mol. The molecule has 1 fully saturated rings. The fourth-order valence-corrected chi connectivity index (χ4v) is 4.69. The highest BCUT2D eigenvalue weighted by Gasteiger charge is 2.31. The summed E-state index contributed by atoms with van der Waals surface area (Å²) in [5.41, 5.74) is 13.9. The molecule has 3 aromatic rings. The number of hydrogen-bond acceptors (Lipinski definition) is 6. The largest absolute Gasteiger partial charge is 0.493 e. The zero-order valence-electron chi connectivity index (χ0n) is 18.6. The summed E-state index contributed by atoms with van der Waals surface area (Å²) in [6.45, 7) is 0. The molecule has 0 saturated carbocycles. The molecule has 8 heteroatoms. The molecule has 0 spiro atoms. The first-order valence-corrected chi connectivity index (χ1v) is 10.8. The molecule has 3 aromatic carbocycles. The van der Waals surface area contributed by atoms with E-state index in [0.717, 1.165) is 18.4 Å². The molecule has 0 bridgehead atoms. The molecule has 33 heavy (non-hydrogen) atoms. The summed E-state index contributed by atoms with van der Waals surface area (Å²) in [6.07, 6.45) is 4.45. The van der Waals surface area contributed by atoms with E-state index in [1.807, 2.05) is 6.07 Å². The summed E-state index contributed by atoms with van der Waals surface area (Å²) >= 11 is 0. The molecule has 172 valence electrons. The molecule has 2 aliphatic rings. The standard InChI is InChI=1S/C25H26N4O3.H2O/c1-31-22-11-6-15(12-23(22)32-2)14-26-29-25(30)21-13-20(27-28-21)18-10-9-17-8-7-16-4-3-5-19(18)24(16)17;/h3-6,9-12,14,20-21,27-28H,7-8,13H2,1-2H3,(H,29,30);1H2/b26-14+;. The van der Waals surface area contributed by atoms with Gasteiger partial charge in [-0.05, 0) is 70.5 Å². The normalized spacial score (nSPS) is 19.0. The number of rotatable bonds is 6. The van der Waals surface area contributed by atoms with Crippen LogP contribution >= 0.6 is 0 Å². The molecular formula is C25H28N4O4. The molecule has 1 saturated heterocycles. The van der Waals surface area contributed by atoms with Gasteiger partial charge >= 0.3 is 0 Å². The second-order valence-electron chi connectivity index (χ2n) is 8.13. The molecule has 8 nitrogen and oxygen atoms in total. The van der Waals surface area contributed by atoms with E-state index in [-0.39, 0.29) is 23.5 Å². The van der Waals surface area contributed by atoms with E-state index in [1.54, 1.807) is 32.6 Å². The summed E-state index contributed by atoms with van der Waals surface area (Å²) < 4.78 is 10.5. The minimum atomic E-state index is -0.370. The average Bonchev–Trinajstić information content (AvgIpc) is 3.48. The van der Waals surface area contributed by atoms with E-state index in [0.29, 0.717) is 17.9 Å². The summed E-state index contributed by atoms with van der Waals surface area (Å²) in [7, 11) is 3.17. The minimum Gasteiger partial charge on any atom is -0.493 e. The Morgan fingerprint density at radius 2 is 1.82 bits per heavy atom. The zero-order chi connectivity index (χ0) is 22.1. The predicted octanol–water partition coefficient (Wildman–Crippen LogP) is 2.19. The lowest BCUT2D eigenvalue weighted by atomic mass is 9.93. The van der Waals surface area contributed by atoms with Gasteiger partial charge in [-0.25, -0.2) is 16.3 Å². The van der Waals surface area contributed by atoms with Crippen molar-refractivity contribution in [3.8, 4) is 11.5 Å². The van der Waals surface area contributed by atoms with Gasteiger partial charge in [-0.1, -0.05) is 30.3 Å². The van der Waals surface area contributed by atoms with E-state index in [2.05, 4.69) is 51.7 Å². The van der Waals surface area contributed by atoms with Crippen molar-refractivity contribution in [3.05, 3.63) is 70.8 Å². The Labute approximate surface area is 192 Å². The molecule has 0 radical (unpaired) electrons. The number of nitrogens with one attached hydrogen (secondary N) is 3. The van der Waals surface area contributed by atoms with Crippen LogP contribution in [0, 0.1) is 0 Å². The number of carbonyl (C=O) groups excluding carboxylic acids is 1. The van der Waals surface area contributed by atoms with Crippen molar-refractivity contribution in [2.45, 2.75) is 31.3 Å². The molecule has 5 N–H and O–H groups in total. The maximum atomic E-state index is 12.6. The Hall–Kier alpha value is -3.46. The van der Waals surface area contributed by atoms with E-state index in [4.69, 9.17) is 9.47 Å². The van der Waals surface area contributed by atoms with E-state index in [1.165, 1.54) is 27.5 Å². The smallest absolute Gasteiger partial charge is 0.258 e. The van der Waals surface area contributed by atoms with Crippen LogP contribution in [0.5, 0.6) is 11.5 Å². The number of methoxy groups -OCH3 is 2. The molecule has 1 aliphatic carbocycles. The fourth-order valence-electron chi connectivity index (χ4n) is 4.69. The van der Waals surface area contributed by atoms with Gasteiger partial charge in [0, 0.05) is 6.04 Å².